The average Bonchev–Trinajstić information content (AvgIpc) is 2.88. The maximum absolute atomic E-state index is 11.6. The Morgan fingerprint density at radius 3 is 2.42 bits per heavy atom. The summed E-state index contributed by atoms with van der Waals surface area (Å²) in [6.07, 6.45) is 11.4. The van der Waals surface area contributed by atoms with Gasteiger partial charge in [0.2, 0.25) is 5.91 Å². The van der Waals surface area contributed by atoms with Crippen LogP contribution in [0.1, 0.15) is 31.7 Å². The minimum atomic E-state index is 0.172. The van der Waals surface area contributed by atoms with Gasteiger partial charge in [0.1, 0.15) is 11.5 Å². The van der Waals surface area contributed by atoms with E-state index in [0.29, 0.717) is 6.04 Å². The summed E-state index contributed by atoms with van der Waals surface area (Å²) in [4.78, 5) is 15.8. The van der Waals surface area contributed by atoms with E-state index in [4.69, 9.17) is 4.74 Å². The molecular formula is C22H28N2O2. The predicted molar refractivity (Wildman–Crippen MR) is 105 cm³/mol. The Balaban J connectivity index is 1.78. The van der Waals surface area contributed by atoms with Crippen LogP contribution in [0.15, 0.2) is 60.0 Å². The Bertz CT molecular complexity index is 723. The summed E-state index contributed by atoms with van der Waals surface area (Å²) >= 11 is 0. The lowest BCUT2D eigenvalue weighted by molar-refractivity contribution is -0.130. The fourth-order valence-electron chi connectivity index (χ4n) is 3.48. The van der Waals surface area contributed by atoms with Gasteiger partial charge in [-0.1, -0.05) is 29.8 Å². The molecule has 1 heterocycles. The minimum Gasteiger partial charge on any atom is -0.455 e. The highest BCUT2D eigenvalue weighted by atomic mass is 16.5. The Labute approximate surface area is 156 Å². The number of piperidine rings is 1. The van der Waals surface area contributed by atoms with E-state index in [0.717, 1.165) is 49.6 Å². The number of aryl methyl sites for hydroxylation is 1. The second kappa shape index (κ2) is 8.26. The normalized spacial score (nSPS) is 18.0. The lowest BCUT2D eigenvalue weighted by Gasteiger charge is -2.38. The second-order valence-corrected chi connectivity index (χ2v) is 7.05. The van der Waals surface area contributed by atoms with Crippen LogP contribution >= 0.6 is 0 Å². The molecule has 1 fully saturated rings. The third-order valence-electron chi connectivity index (χ3n) is 5.16. The number of allylic oxidation sites excluding steroid dienone is 4. The first-order valence-electron chi connectivity index (χ1n) is 9.35. The van der Waals surface area contributed by atoms with Crippen LogP contribution in [-0.2, 0) is 4.79 Å². The summed E-state index contributed by atoms with van der Waals surface area (Å²) in [5.41, 5.74) is 2.32. The molecule has 138 valence electrons. The molecule has 1 saturated heterocycles. The van der Waals surface area contributed by atoms with E-state index in [9.17, 15) is 4.79 Å². The molecule has 1 aliphatic carbocycles. The summed E-state index contributed by atoms with van der Waals surface area (Å²) in [7, 11) is 2.13. The second-order valence-electron chi connectivity index (χ2n) is 7.05. The van der Waals surface area contributed by atoms with E-state index in [-0.39, 0.29) is 5.91 Å². The topological polar surface area (TPSA) is 32.8 Å². The number of nitrogens with zero attached hydrogens (tertiary/aromatic N) is 2. The fourth-order valence-corrected chi connectivity index (χ4v) is 3.48. The number of carbonyl (C=O) groups excluding carboxylic acids is 1. The minimum absolute atomic E-state index is 0.172. The van der Waals surface area contributed by atoms with Crippen LogP contribution in [-0.4, -0.2) is 41.9 Å². The highest BCUT2D eigenvalue weighted by Crippen LogP contribution is 2.26. The van der Waals surface area contributed by atoms with Gasteiger partial charge in [0.15, 0.2) is 0 Å². The number of hydrogen-bond donors (Lipinski definition) is 0. The van der Waals surface area contributed by atoms with Gasteiger partial charge in [-0.25, -0.2) is 0 Å². The SMILES string of the molecule is CC(=O)N1CCC(N(C)C2=C(Oc3ccc(C)cc3)C=CCC=C2)CC1. The molecule has 0 spiro atoms. The van der Waals surface area contributed by atoms with Crippen molar-refractivity contribution in [2.45, 2.75) is 39.2 Å². The summed E-state index contributed by atoms with van der Waals surface area (Å²) in [6, 6.07) is 8.55. The van der Waals surface area contributed by atoms with Gasteiger partial charge < -0.3 is 14.5 Å². The summed E-state index contributed by atoms with van der Waals surface area (Å²) in [5.74, 6) is 1.90. The Morgan fingerprint density at radius 2 is 1.77 bits per heavy atom. The molecule has 26 heavy (non-hydrogen) atoms. The number of ether oxygens (including phenoxy) is 1. The lowest BCUT2D eigenvalue weighted by Crippen LogP contribution is -2.44. The van der Waals surface area contributed by atoms with Gasteiger partial charge in [-0.15, -0.1) is 0 Å². The van der Waals surface area contributed by atoms with E-state index < -0.39 is 0 Å². The molecule has 0 radical (unpaired) electrons. The van der Waals surface area contributed by atoms with E-state index in [2.05, 4.69) is 55.3 Å². The maximum atomic E-state index is 11.6. The van der Waals surface area contributed by atoms with Crippen molar-refractivity contribution in [2.75, 3.05) is 20.1 Å². The molecule has 0 unspecified atom stereocenters. The third-order valence-corrected chi connectivity index (χ3v) is 5.16. The van der Waals surface area contributed by atoms with E-state index >= 15 is 0 Å². The smallest absolute Gasteiger partial charge is 0.219 e. The van der Waals surface area contributed by atoms with Gasteiger partial charge in [-0.2, -0.15) is 0 Å². The quantitative estimate of drug-likeness (QED) is 0.820. The first-order chi connectivity index (χ1) is 12.5. The molecular weight excluding hydrogens is 324 g/mol. The molecule has 2 aliphatic rings. The number of amides is 1. The van der Waals surface area contributed by atoms with E-state index in [1.807, 2.05) is 17.0 Å². The molecule has 0 atom stereocenters. The number of rotatable bonds is 4. The number of hydrogen-bond acceptors (Lipinski definition) is 3. The monoisotopic (exact) mass is 352 g/mol. The molecule has 1 aromatic carbocycles. The molecule has 1 aromatic rings. The molecule has 3 rings (SSSR count). The van der Waals surface area contributed by atoms with E-state index in [1.54, 1.807) is 6.92 Å². The Morgan fingerprint density at radius 1 is 1.12 bits per heavy atom. The van der Waals surface area contributed by atoms with Gasteiger partial charge in [-0.3, -0.25) is 4.79 Å². The Hall–Kier alpha value is -2.49. The number of likely N-dealkylation sites (tertiary alicyclic amines) is 1. The molecule has 1 aliphatic heterocycles. The highest BCUT2D eigenvalue weighted by molar-refractivity contribution is 5.73. The van der Waals surface area contributed by atoms with Crippen LogP contribution in [0.5, 0.6) is 5.75 Å². The van der Waals surface area contributed by atoms with Gasteiger partial charge >= 0.3 is 0 Å². The molecule has 1 amide bonds. The summed E-state index contributed by atoms with van der Waals surface area (Å²) in [6.45, 7) is 5.37. The molecule has 4 nitrogen and oxygen atoms in total. The van der Waals surface area contributed by atoms with Crippen LogP contribution in [0.4, 0.5) is 0 Å². The third kappa shape index (κ3) is 4.37. The van der Waals surface area contributed by atoms with Crippen molar-refractivity contribution in [3.8, 4) is 5.75 Å². The van der Waals surface area contributed by atoms with E-state index in [1.165, 1.54) is 5.56 Å². The lowest BCUT2D eigenvalue weighted by atomic mass is 10.0. The van der Waals surface area contributed by atoms with Crippen molar-refractivity contribution in [1.82, 2.24) is 9.80 Å². The van der Waals surface area contributed by atoms with Crippen molar-refractivity contribution < 1.29 is 9.53 Å². The molecule has 0 bridgehead atoms. The summed E-state index contributed by atoms with van der Waals surface area (Å²) < 4.78 is 6.21. The molecule has 4 heteroatoms. The standard InChI is InChI=1S/C22H28N2O2/c1-17-9-11-20(12-10-17)26-22-8-6-4-5-7-21(22)23(3)19-13-15-24(16-14-19)18(2)25/h5-12,19H,4,13-16H2,1-3H3. The number of benzene rings is 1. The zero-order valence-corrected chi connectivity index (χ0v) is 15.9. The van der Waals surface area contributed by atoms with Crippen LogP contribution in [0.2, 0.25) is 0 Å². The van der Waals surface area contributed by atoms with Crippen molar-refractivity contribution >= 4 is 5.91 Å². The van der Waals surface area contributed by atoms with Crippen molar-refractivity contribution in [1.29, 1.82) is 0 Å². The van der Waals surface area contributed by atoms with Crippen LogP contribution in [0, 0.1) is 6.92 Å². The molecule has 0 saturated carbocycles. The van der Waals surface area contributed by atoms with Crippen LogP contribution in [0.25, 0.3) is 0 Å². The number of likely N-dealkylation sites (N-methyl/N-ethyl adjacent to an activating group) is 1. The van der Waals surface area contributed by atoms with Crippen molar-refractivity contribution in [2.24, 2.45) is 0 Å². The van der Waals surface area contributed by atoms with Gasteiger partial charge in [-0.05, 0) is 50.5 Å². The van der Waals surface area contributed by atoms with Gasteiger partial charge in [0.05, 0.1) is 5.70 Å². The summed E-state index contributed by atoms with van der Waals surface area (Å²) in [5, 5.41) is 0. The largest absolute Gasteiger partial charge is 0.455 e. The zero-order chi connectivity index (χ0) is 18.5. The highest BCUT2D eigenvalue weighted by Gasteiger charge is 2.25. The molecule has 0 N–H and O–H groups in total. The first-order valence-corrected chi connectivity index (χ1v) is 9.35. The van der Waals surface area contributed by atoms with Crippen molar-refractivity contribution in [3.63, 3.8) is 0 Å². The van der Waals surface area contributed by atoms with Gasteiger partial charge in [0.25, 0.3) is 0 Å². The van der Waals surface area contributed by atoms with Crippen LogP contribution in [0.3, 0.4) is 0 Å². The fraction of sp³-hybridized carbons (Fsp3) is 0.409. The zero-order valence-electron chi connectivity index (χ0n) is 15.9. The average molecular weight is 352 g/mol. The van der Waals surface area contributed by atoms with Crippen molar-refractivity contribution in [3.05, 3.63) is 65.6 Å². The molecule has 0 aromatic heterocycles. The first kappa shape index (κ1) is 18.3. The number of carbonyl (C=O) groups is 1. The Kier molecular flexibility index (Phi) is 5.82. The maximum Gasteiger partial charge on any atom is 0.219 e. The van der Waals surface area contributed by atoms with Crippen LogP contribution < -0.4 is 4.74 Å². The van der Waals surface area contributed by atoms with Gasteiger partial charge in [0, 0.05) is 33.1 Å². The predicted octanol–water partition coefficient (Wildman–Crippen LogP) is 4.04.